The normalized spacial score (nSPS) is 18.6. The number of halogens is 1. The van der Waals surface area contributed by atoms with Crippen LogP contribution in [0, 0.1) is 17.7 Å². The highest BCUT2D eigenvalue weighted by Gasteiger charge is 2.37. The summed E-state index contributed by atoms with van der Waals surface area (Å²) in [6.45, 7) is 3.77. The summed E-state index contributed by atoms with van der Waals surface area (Å²) < 4.78 is 50.4. The number of ether oxygens (including phenoxy) is 1. The number of aliphatic hydroxyl groups is 1. The lowest BCUT2D eigenvalue weighted by molar-refractivity contribution is -0.126. The summed E-state index contributed by atoms with van der Waals surface area (Å²) in [5.74, 6) is -2.36. The van der Waals surface area contributed by atoms with Crippen LogP contribution in [0.1, 0.15) is 38.7 Å². The molecule has 1 saturated heterocycles. The molecule has 2 rings (SSSR count). The van der Waals surface area contributed by atoms with E-state index < -0.39 is 51.4 Å². The molecule has 1 aliphatic rings. The summed E-state index contributed by atoms with van der Waals surface area (Å²) in [5, 5.41) is 17.4. The van der Waals surface area contributed by atoms with E-state index in [4.69, 9.17) is 4.74 Å². The zero-order valence-electron chi connectivity index (χ0n) is 18.9. The first-order chi connectivity index (χ1) is 15.9. The van der Waals surface area contributed by atoms with Crippen molar-refractivity contribution in [1.29, 1.82) is 0 Å². The molecule has 3 unspecified atom stereocenters. The Kier molecular flexibility index (Phi) is 9.77. The fourth-order valence-electron chi connectivity index (χ4n) is 3.53. The molecule has 0 radical (unpaired) electrons. The van der Waals surface area contributed by atoms with Gasteiger partial charge in [0.05, 0.1) is 6.04 Å². The molecule has 1 fully saturated rings. The second kappa shape index (κ2) is 12.1. The highest BCUT2D eigenvalue weighted by Crippen LogP contribution is 2.20. The standard InChI is InChI=1S/C21H30FN3O8S/c1-12(2)9-16(25-21(29)33-11-13-3-5-15(22)6-4-13)19(27)24-17(20(28)34(30,31)32)10-14-7-8-23-18(14)26/h3-6,12,14,16-17,20,28H,7-11H2,1-2H3,(H,23,26)(H,24,27)(H,25,29)(H,30,31,32)/t14?,16?,17-,20?/m0/s1. The first kappa shape index (κ1) is 27.5. The van der Waals surface area contributed by atoms with E-state index in [2.05, 4.69) is 16.0 Å². The molecule has 0 aliphatic carbocycles. The fourth-order valence-corrected chi connectivity index (χ4v) is 4.12. The number of nitrogens with one attached hydrogen (secondary N) is 3. The summed E-state index contributed by atoms with van der Waals surface area (Å²) in [6.07, 6.45) is -0.655. The molecule has 11 nitrogen and oxygen atoms in total. The summed E-state index contributed by atoms with van der Waals surface area (Å²) in [6, 6.07) is 2.62. The van der Waals surface area contributed by atoms with Gasteiger partial charge in [0, 0.05) is 12.5 Å². The average Bonchev–Trinajstić information content (AvgIpc) is 3.15. The van der Waals surface area contributed by atoms with Crippen LogP contribution >= 0.6 is 0 Å². The molecule has 190 valence electrons. The van der Waals surface area contributed by atoms with Gasteiger partial charge in [0.15, 0.2) is 0 Å². The highest BCUT2D eigenvalue weighted by molar-refractivity contribution is 7.86. The van der Waals surface area contributed by atoms with Crippen molar-refractivity contribution in [2.45, 2.75) is 57.2 Å². The topological polar surface area (TPSA) is 171 Å². The Balaban J connectivity index is 2.07. The lowest BCUT2D eigenvalue weighted by Crippen LogP contribution is -2.54. The first-order valence-corrected chi connectivity index (χ1v) is 12.3. The molecule has 0 saturated carbocycles. The number of rotatable bonds is 11. The summed E-state index contributed by atoms with van der Waals surface area (Å²) in [5.41, 5.74) is -1.84. The Bertz CT molecular complexity index is 971. The van der Waals surface area contributed by atoms with Crippen LogP contribution in [0.4, 0.5) is 9.18 Å². The predicted molar refractivity (Wildman–Crippen MR) is 118 cm³/mol. The lowest BCUT2D eigenvalue weighted by atomic mass is 9.97. The Morgan fingerprint density at radius 3 is 2.41 bits per heavy atom. The second-order valence-electron chi connectivity index (χ2n) is 8.56. The van der Waals surface area contributed by atoms with Crippen molar-refractivity contribution in [2.75, 3.05) is 6.54 Å². The quantitative estimate of drug-likeness (QED) is 0.274. The van der Waals surface area contributed by atoms with Gasteiger partial charge in [-0.1, -0.05) is 26.0 Å². The monoisotopic (exact) mass is 503 g/mol. The van der Waals surface area contributed by atoms with Crippen molar-refractivity contribution >= 4 is 28.0 Å². The number of carbonyl (C=O) groups is 3. The molecule has 4 atom stereocenters. The van der Waals surface area contributed by atoms with Gasteiger partial charge < -0.3 is 25.8 Å². The molecule has 3 amide bonds. The van der Waals surface area contributed by atoms with Gasteiger partial charge in [-0.25, -0.2) is 9.18 Å². The van der Waals surface area contributed by atoms with Gasteiger partial charge in [0.2, 0.25) is 17.3 Å². The van der Waals surface area contributed by atoms with Crippen LogP contribution in [-0.2, 0) is 31.1 Å². The molecule has 13 heteroatoms. The Morgan fingerprint density at radius 1 is 1.24 bits per heavy atom. The van der Waals surface area contributed by atoms with Gasteiger partial charge in [-0.3, -0.25) is 14.1 Å². The molecular formula is C21H30FN3O8S. The minimum absolute atomic E-state index is 0.0706. The van der Waals surface area contributed by atoms with E-state index in [1.807, 2.05) is 0 Å². The summed E-state index contributed by atoms with van der Waals surface area (Å²) in [4.78, 5) is 37.1. The maximum Gasteiger partial charge on any atom is 0.408 e. The van der Waals surface area contributed by atoms with E-state index in [0.717, 1.165) is 0 Å². The number of hydrogen-bond donors (Lipinski definition) is 5. The van der Waals surface area contributed by atoms with E-state index in [9.17, 15) is 36.9 Å². The van der Waals surface area contributed by atoms with Crippen molar-refractivity contribution in [3.8, 4) is 0 Å². The smallest absolute Gasteiger partial charge is 0.408 e. The molecule has 0 spiro atoms. The lowest BCUT2D eigenvalue weighted by Gasteiger charge is -2.27. The van der Waals surface area contributed by atoms with Gasteiger partial charge in [-0.2, -0.15) is 8.42 Å². The van der Waals surface area contributed by atoms with Crippen LogP contribution in [0.5, 0.6) is 0 Å². The second-order valence-corrected chi connectivity index (χ2v) is 10.1. The van der Waals surface area contributed by atoms with Gasteiger partial charge >= 0.3 is 6.09 Å². The molecule has 1 aromatic carbocycles. The third-order valence-corrected chi connectivity index (χ3v) is 6.22. The minimum atomic E-state index is -4.95. The first-order valence-electron chi connectivity index (χ1n) is 10.8. The van der Waals surface area contributed by atoms with Crippen LogP contribution in [0.2, 0.25) is 0 Å². The minimum Gasteiger partial charge on any atom is -0.445 e. The Labute approximate surface area is 197 Å². The van der Waals surface area contributed by atoms with Crippen molar-refractivity contribution in [1.82, 2.24) is 16.0 Å². The van der Waals surface area contributed by atoms with E-state index in [1.54, 1.807) is 13.8 Å². The SMILES string of the molecule is CC(C)CC(NC(=O)OCc1ccc(F)cc1)C(=O)N[C@@H](CC1CCNC1=O)C(O)S(=O)(=O)O. The van der Waals surface area contributed by atoms with E-state index in [0.29, 0.717) is 18.5 Å². The zero-order chi connectivity index (χ0) is 25.5. The maximum atomic E-state index is 13.0. The van der Waals surface area contributed by atoms with E-state index >= 15 is 0 Å². The van der Waals surface area contributed by atoms with Crippen LogP contribution < -0.4 is 16.0 Å². The summed E-state index contributed by atoms with van der Waals surface area (Å²) in [7, 11) is -4.95. The number of benzene rings is 1. The third-order valence-electron chi connectivity index (χ3n) is 5.28. The van der Waals surface area contributed by atoms with Gasteiger partial charge in [-0.15, -0.1) is 0 Å². The number of amides is 3. The predicted octanol–water partition coefficient (Wildman–Crippen LogP) is 0.684. The number of alkyl carbamates (subject to hydrolysis) is 1. The largest absolute Gasteiger partial charge is 0.445 e. The molecule has 1 aromatic rings. The Morgan fingerprint density at radius 2 is 1.88 bits per heavy atom. The van der Waals surface area contributed by atoms with Gasteiger partial charge in [-0.05, 0) is 42.9 Å². The maximum absolute atomic E-state index is 13.0. The van der Waals surface area contributed by atoms with E-state index in [1.165, 1.54) is 24.3 Å². The van der Waals surface area contributed by atoms with Crippen molar-refractivity contribution in [3.05, 3.63) is 35.6 Å². The fraction of sp³-hybridized carbons (Fsp3) is 0.571. The molecule has 0 bridgehead atoms. The van der Waals surface area contributed by atoms with E-state index in [-0.39, 0.29) is 31.3 Å². The van der Waals surface area contributed by atoms with Gasteiger partial charge in [0.25, 0.3) is 10.1 Å². The molecule has 1 aliphatic heterocycles. The summed E-state index contributed by atoms with van der Waals surface area (Å²) >= 11 is 0. The van der Waals surface area contributed by atoms with Crippen molar-refractivity contribution < 1.29 is 41.6 Å². The Hall–Kier alpha value is -2.77. The molecule has 5 N–H and O–H groups in total. The van der Waals surface area contributed by atoms with Crippen LogP contribution in [0.3, 0.4) is 0 Å². The molecule has 0 aromatic heterocycles. The zero-order valence-corrected chi connectivity index (χ0v) is 19.7. The molecule has 34 heavy (non-hydrogen) atoms. The molecule has 1 heterocycles. The number of hydrogen-bond acceptors (Lipinski definition) is 7. The third kappa shape index (κ3) is 8.54. The van der Waals surface area contributed by atoms with Gasteiger partial charge in [0.1, 0.15) is 18.5 Å². The van der Waals surface area contributed by atoms with Crippen molar-refractivity contribution in [2.24, 2.45) is 11.8 Å². The number of aliphatic hydroxyl groups excluding tert-OH is 1. The van der Waals surface area contributed by atoms with Crippen LogP contribution in [-0.4, -0.2) is 60.0 Å². The highest BCUT2D eigenvalue weighted by atomic mass is 32.2. The van der Waals surface area contributed by atoms with Crippen LogP contribution in [0.25, 0.3) is 0 Å². The number of carbonyl (C=O) groups excluding carboxylic acids is 3. The molecular weight excluding hydrogens is 473 g/mol. The van der Waals surface area contributed by atoms with Crippen molar-refractivity contribution in [3.63, 3.8) is 0 Å². The van der Waals surface area contributed by atoms with Crippen LogP contribution in [0.15, 0.2) is 24.3 Å². The average molecular weight is 504 g/mol.